The van der Waals surface area contributed by atoms with Crippen molar-refractivity contribution >= 4 is 61.8 Å². The van der Waals surface area contributed by atoms with Gasteiger partial charge in [0.2, 0.25) is 10.7 Å². The summed E-state index contributed by atoms with van der Waals surface area (Å²) in [5, 5.41) is -1.16. The van der Waals surface area contributed by atoms with E-state index in [4.69, 9.17) is 23.2 Å². The molecule has 0 aliphatic carbocycles. The van der Waals surface area contributed by atoms with E-state index in [0.29, 0.717) is 17.4 Å². The van der Waals surface area contributed by atoms with Crippen LogP contribution in [0.4, 0.5) is 15.8 Å². The molecule has 1 amide bonds. The molecule has 0 bridgehead atoms. The third kappa shape index (κ3) is 3.68. The highest BCUT2D eigenvalue weighted by atomic mass is 35.5. The predicted octanol–water partition coefficient (Wildman–Crippen LogP) is 2.02. The van der Waals surface area contributed by atoms with Crippen LogP contribution in [0.2, 0.25) is 5.02 Å². The zero-order valence-corrected chi connectivity index (χ0v) is 17.0. The molecule has 1 aliphatic heterocycles. The van der Waals surface area contributed by atoms with Crippen LogP contribution in [0, 0.1) is 5.82 Å². The molecule has 0 fully saturated rings. The Hall–Kier alpha value is -1.69. The molecule has 1 aromatic heterocycles. The van der Waals surface area contributed by atoms with Gasteiger partial charge in [0.15, 0.2) is 5.82 Å². The highest BCUT2D eigenvalue weighted by Gasteiger charge is 2.29. The van der Waals surface area contributed by atoms with Gasteiger partial charge < -0.3 is 0 Å². The lowest BCUT2D eigenvalue weighted by atomic mass is 10.2. The topological polar surface area (TPSA) is 93.7 Å². The molecule has 0 saturated heterocycles. The molecular weight excluding hydrogens is 442 g/mol. The van der Waals surface area contributed by atoms with E-state index in [2.05, 4.69) is 4.99 Å². The molecule has 0 radical (unpaired) electrons. The van der Waals surface area contributed by atoms with Crippen LogP contribution in [0.3, 0.4) is 0 Å². The maximum absolute atomic E-state index is 14.4. The Balaban J connectivity index is 2.22. The van der Waals surface area contributed by atoms with Crippen LogP contribution in [-0.2, 0) is 27.9 Å². The molecule has 0 N–H and O–H groups in total. The number of anilines is 1. The quantitative estimate of drug-likeness (QED) is 0.660. The summed E-state index contributed by atoms with van der Waals surface area (Å²) in [7, 11) is -4.20. The summed E-state index contributed by atoms with van der Waals surface area (Å²) in [5.74, 6) is -1.69. The number of benzene rings is 1. The minimum Gasteiger partial charge on any atom is -0.274 e. The van der Waals surface area contributed by atoms with Crippen LogP contribution in [0.1, 0.15) is 13.3 Å². The molecule has 0 saturated carbocycles. The number of carbonyl (C=O) groups excluding carboxylic acids is 1. The molecule has 13 heteroatoms. The maximum atomic E-state index is 14.4. The predicted molar refractivity (Wildman–Crippen MR) is 101 cm³/mol. The zero-order valence-electron chi connectivity index (χ0n) is 13.9. The number of alkyl halides is 1. The van der Waals surface area contributed by atoms with Crippen LogP contribution in [0.5, 0.6) is 0 Å². The van der Waals surface area contributed by atoms with E-state index < -0.39 is 27.0 Å². The van der Waals surface area contributed by atoms with Crippen LogP contribution in [0.15, 0.2) is 21.9 Å². The average Bonchev–Trinajstić information content (AvgIpc) is 3.16. The van der Waals surface area contributed by atoms with Gasteiger partial charge in [-0.1, -0.05) is 11.6 Å². The number of halogens is 3. The first-order valence-corrected chi connectivity index (χ1v) is 10.9. The Morgan fingerprint density at radius 2 is 2.04 bits per heavy atom. The van der Waals surface area contributed by atoms with Gasteiger partial charge >= 0.3 is 4.87 Å². The van der Waals surface area contributed by atoms with Crippen molar-refractivity contribution in [3.05, 3.63) is 37.4 Å². The summed E-state index contributed by atoms with van der Waals surface area (Å²) in [6.45, 7) is 2.12. The molecule has 146 valence electrons. The summed E-state index contributed by atoms with van der Waals surface area (Å²) in [4.78, 5) is 28.0. The Bertz CT molecular complexity index is 1150. The van der Waals surface area contributed by atoms with Crippen molar-refractivity contribution < 1.29 is 17.6 Å². The Morgan fingerprint density at radius 1 is 1.37 bits per heavy atom. The van der Waals surface area contributed by atoms with E-state index in [9.17, 15) is 22.4 Å². The molecule has 2 aromatic rings. The largest absolute Gasteiger partial charge is 0.325 e. The fraction of sp³-hybridized carbons (Fsp3) is 0.357. The summed E-state index contributed by atoms with van der Waals surface area (Å²) in [6.07, 6.45) is 0.756. The number of carbonyl (C=O) groups is 1. The third-order valence-corrected chi connectivity index (χ3v) is 7.08. The van der Waals surface area contributed by atoms with Crippen molar-refractivity contribution in [1.82, 2.24) is 9.36 Å². The normalized spacial score (nSPS) is 14.4. The number of nitrogens with zero attached hydrogens (tertiary/aromatic N) is 4. The van der Waals surface area contributed by atoms with Gasteiger partial charge in [0.25, 0.3) is 10.0 Å². The minimum atomic E-state index is -4.20. The van der Waals surface area contributed by atoms with E-state index in [1.807, 2.05) is 0 Å². The lowest BCUT2D eigenvalue weighted by Crippen LogP contribution is -2.36. The van der Waals surface area contributed by atoms with E-state index in [-0.39, 0.29) is 26.1 Å². The maximum Gasteiger partial charge on any atom is 0.325 e. The molecule has 8 nitrogen and oxygen atoms in total. The van der Waals surface area contributed by atoms with E-state index in [1.54, 1.807) is 4.68 Å². The number of sulfonamides is 1. The fourth-order valence-electron chi connectivity index (χ4n) is 2.70. The summed E-state index contributed by atoms with van der Waals surface area (Å²) in [5.41, 5.74) is -0.521. The number of fused-ring (bicyclic) bond motifs is 1. The molecule has 1 aromatic carbocycles. The zero-order chi connectivity index (χ0) is 19.9. The highest BCUT2D eigenvalue weighted by molar-refractivity contribution is 7.94. The smallest absolute Gasteiger partial charge is 0.274 e. The second-order valence-corrected chi connectivity index (χ2v) is 9.35. The number of amides is 1. The first kappa shape index (κ1) is 20.1. The third-order valence-electron chi connectivity index (χ3n) is 3.79. The van der Waals surface area contributed by atoms with Gasteiger partial charge in [-0.2, -0.15) is 0 Å². The minimum absolute atomic E-state index is 0.226. The molecular formula is C14H13Cl2FN4O4S2. The monoisotopic (exact) mass is 454 g/mol. The molecule has 0 spiro atoms. The van der Waals surface area contributed by atoms with Crippen molar-refractivity contribution in [3.8, 4) is 0 Å². The van der Waals surface area contributed by atoms with Crippen molar-refractivity contribution in [3.63, 3.8) is 0 Å². The molecule has 0 atom stereocenters. The second-order valence-electron chi connectivity index (χ2n) is 5.62. The summed E-state index contributed by atoms with van der Waals surface area (Å²) < 4.78 is 42.2. The van der Waals surface area contributed by atoms with E-state index >= 15 is 0 Å². The van der Waals surface area contributed by atoms with Crippen molar-refractivity contribution in [2.75, 3.05) is 9.52 Å². The van der Waals surface area contributed by atoms with Crippen LogP contribution in [0.25, 0.3) is 0 Å². The fourth-order valence-corrected chi connectivity index (χ4v) is 5.11. The Labute approximate surface area is 167 Å². The SMILES string of the molecule is CC(=O)N(c1cc(/N=c2\sc(=O)n3n2CCC3)c(F)cc1Cl)S(=O)(=O)CCl. The van der Waals surface area contributed by atoms with Gasteiger partial charge in [0, 0.05) is 20.0 Å². The van der Waals surface area contributed by atoms with Gasteiger partial charge in [0.1, 0.15) is 10.9 Å². The number of rotatable bonds is 4. The highest BCUT2D eigenvalue weighted by Crippen LogP contribution is 2.34. The van der Waals surface area contributed by atoms with E-state index in [1.165, 1.54) is 4.68 Å². The standard InChI is InChI=1S/C14H13Cl2FN4O4S2/c1-8(22)21(27(24,25)7-15)12-6-11(10(17)5-9(12)16)18-13-19-3-2-4-20(19)14(23)26-13/h5-6H,2-4,7H2,1H3/b18-13-. The Morgan fingerprint density at radius 3 is 2.67 bits per heavy atom. The second kappa shape index (κ2) is 7.38. The summed E-state index contributed by atoms with van der Waals surface area (Å²) >= 11 is 12.2. The first-order chi connectivity index (χ1) is 12.7. The molecule has 1 aliphatic rings. The van der Waals surface area contributed by atoms with Gasteiger partial charge in [-0.25, -0.2) is 26.8 Å². The number of hydrogen-bond donors (Lipinski definition) is 0. The Kier molecular flexibility index (Phi) is 5.48. The van der Waals surface area contributed by atoms with Crippen molar-refractivity contribution in [2.24, 2.45) is 4.99 Å². The van der Waals surface area contributed by atoms with Gasteiger partial charge in [-0.3, -0.25) is 14.3 Å². The lowest BCUT2D eigenvalue weighted by Gasteiger charge is -2.21. The average molecular weight is 455 g/mol. The van der Waals surface area contributed by atoms with Crippen LogP contribution < -0.4 is 14.0 Å². The van der Waals surface area contributed by atoms with Crippen molar-refractivity contribution in [2.45, 2.75) is 26.4 Å². The number of hydrogen-bond acceptors (Lipinski definition) is 6. The van der Waals surface area contributed by atoms with E-state index in [0.717, 1.165) is 36.8 Å². The van der Waals surface area contributed by atoms with Crippen molar-refractivity contribution in [1.29, 1.82) is 0 Å². The van der Waals surface area contributed by atoms with Gasteiger partial charge in [0.05, 0.1) is 10.7 Å². The molecule has 27 heavy (non-hydrogen) atoms. The first-order valence-electron chi connectivity index (χ1n) is 7.60. The molecule has 0 unspecified atom stereocenters. The molecule has 3 rings (SSSR count). The van der Waals surface area contributed by atoms with Crippen LogP contribution in [-0.4, -0.2) is 28.9 Å². The summed E-state index contributed by atoms with van der Waals surface area (Å²) in [6, 6.07) is 1.90. The lowest BCUT2D eigenvalue weighted by molar-refractivity contribution is -0.115. The number of aromatic nitrogens is 2. The van der Waals surface area contributed by atoms with Gasteiger partial charge in [-0.15, -0.1) is 11.6 Å². The van der Waals surface area contributed by atoms with Crippen LogP contribution >= 0.6 is 34.5 Å². The molecule has 2 heterocycles. The van der Waals surface area contributed by atoms with Gasteiger partial charge in [-0.05, 0) is 29.9 Å².